The lowest BCUT2D eigenvalue weighted by atomic mass is 10.1. The van der Waals surface area contributed by atoms with Gasteiger partial charge in [0, 0.05) is 5.56 Å². The van der Waals surface area contributed by atoms with Crippen molar-refractivity contribution in [1.29, 1.82) is 0 Å². The van der Waals surface area contributed by atoms with Crippen LogP contribution in [-0.4, -0.2) is 21.2 Å². The smallest absolute Gasteiger partial charge is 0.272 e. The molecule has 0 bridgehead atoms. The molecular formula is C15H11N3O4. The number of hydrogen-bond donors (Lipinski definition) is 4. The summed E-state index contributed by atoms with van der Waals surface area (Å²) in [5.74, 6) is -0.406. The molecule has 110 valence electrons. The lowest BCUT2D eigenvalue weighted by Crippen LogP contribution is -2.21. The molecule has 0 aliphatic rings. The van der Waals surface area contributed by atoms with Gasteiger partial charge in [0.15, 0.2) is 0 Å². The van der Waals surface area contributed by atoms with Gasteiger partial charge in [0.1, 0.15) is 5.75 Å². The molecule has 22 heavy (non-hydrogen) atoms. The number of amides is 1. The van der Waals surface area contributed by atoms with Crippen molar-refractivity contribution in [2.24, 2.45) is 0 Å². The van der Waals surface area contributed by atoms with Crippen molar-refractivity contribution in [2.75, 3.05) is 5.32 Å². The number of aromatic amines is 2. The van der Waals surface area contributed by atoms with Crippen LogP contribution in [0.1, 0.15) is 10.4 Å². The van der Waals surface area contributed by atoms with Gasteiger partial charge in [-0.1, -0.05) is 6.07 Å². The van der Waals surface area contributed by atoms with Crippen molar-refractivity contribution >= 4 is 22.4 Å². The first kappa shape index (κ1) is 13.6. The average molecular weight is 297 g/mol. The second-order valence-electron chi connectivity index (χ2n) is 4.64. The highest BCUT2D eigenvalue weighted by Crippen LogP contribution is 2.18. The topological polar surface area (TPSA) is 115 Å². The number of phenolic OH excluding ortho intramolecular Hbond substituents is 1. The highest BCUT2D eigenvalue weighted by atomic mass is 16.3. The second-order valence-corrected chi connectivity index (χ2v) is 4.64. The molecule has 0 saturated carbocycles. The molecule has 0 radical (unpaired) electrons. The van der Waals surface area contributed by atoms with Gasteiger partial charge in [-0.25, -0.2) is 0 Å². The molecule has 0 aliphatic carbocycles. The van der Waals surface area contributed by atoms with Gasteiger partial charge in [-0.15, -0.1) is 0 Å². The summed E-state index contributed by atoms with van der Waals surface area (Å²) < 4.78 is 0. The zero-order valence-electron chi connectivity index (χ0n) is 11.2. The van der Waals surface area contributed by atoms with Crippen LogP contribution in [0.5, 0.6) is 5.75 Å². The van der Waals surface area contributed by atoms with Crippen LogP contribution in [0.3, 0.4) is 0 Å². The number of phenols is 1. The van der Waals surface area contributed by atoms with Gasteiger partial charge in [0.25, 0.3) is 17.0 Å². The maximum atomic E-state index is 12.2. The molecule has 4 N–H and O–H groups in total. The Hall–Kier alpha value is -3.35. The van der Waals surface area contributed by atoms with E-state index in [4.69, 9.17) is 0 Å². The molecule has 3 rings (SSSR count). The number of nitrogens with one attached hydrogen (secondary N) is 3. The van der Waals surface area contributed by atoms with E-state index in [-0.39, 0.29) is 22.2 Å². The monoisotopic (exact) mass is 297 g/mol. The van der Waals surface area contributed by atoms with E-state index in [1.54, 1.807) is 6.07 Å². The minimum Gasteiger partial charge on any atom is -0.508 e. The van der Waals surface area contributed by atoms with Crippen molar-refractivity contribution < 1.29 is 9.90 Å². The fourth-order valence-electron chi connectivity index (χ4n) is 2.14. The number of hydrogen-bond acceptors (Lipinski definition) is 4. The van der Waals surface area contributed by atoms with Crippen molar-refractivity contribution in [3.05, 3.63) is 68.7 Å². The predicted octanol–water partition coefficient (Wildman–Crippen LogP) is 1.17. The van der Waals surface area contributed by atoms with Crippen molar-refractivity contribution in [2.45, 2.75) is 0 Å². The Morgan fingerprint density at radius 3 is 2.36 bits per heavy atom. The molecule has 7 heteroatoms. The largest absolute Gasteiger partial charge is 0.508 e. The summed E-state index contributed by atoms with van der Waals surface area (Å²) in [6.07, 6.45) is 0. The molecule has 0 fully saturated rings. The zero-order valence-corrected chi connectivity index (χ0v) is 11.2. The highest BCUT2D eigenvalue weighted by molar-refractivity contribution is 6.08. The lowest BCUT2D eigenvalue weighted by Gasteiger charge is -2.07. The van der Waals surface area contributed by atoms with E-state index in [0.717, 1.165) is 0 Å². The molecule has 0 unspecified atom stereocenters. The van der Waals surface area contributed by atoms with Crippen LogP contribution in [0.4, 0.5) is 5.69 Å². The van der Waals surface area contributed by atoms with E-state index in [9.17, 15) is 19.5 Å². The van der Waals surface area contributed by atoms with Crippen LogP contribution in [0.25, 0.3) is 10.8 Å². The minimum atomic E-state index is -0.504. The summed E-state index contributed by atoms with van der Waals surface area (Å²) in [6, 6.07) is 10.3. The SMILES string of the molecule is O=C(Nc1cccc2c(=O)[nH][nH]c(=O)c12)c1ccc(O)cc1. The van der Waals surface area contributed by atoms with Crippen LogP contribution < -0.4 is 16.4 Å². The van der Waals surface area contributed by atoms with Gasteiger partial charge in [-0.05, 0) is 36.4 Å². The molecule has 2 aromatic carbocycles. The third kappa shape index (κ3) is 2.35. The first-order valence-corrected chi connectivity index (χ1v) is 6.40. The molecular weight excluding hydrogens is 286 g/mol. The van der Waals surface area contributed by atoms with Gasteiger partial charge in [-0.2, -0.15) is 0 Å². The van der Waals surface area contributed by atoms with E-state index in [1.807, 2.05) is 0 Å². The standard InChI is InChI=1S/C15H11N3O4/c19-9-6-4-8(5-7-9)13(20)16-11-3-1-2-10-12(11)15(22)18-17-14(10)21/h1-7,19H,(H,16,20)(H,17,21)(H,18,22). The van der Waals surface area contributed by atoms with Gasteiger partial charge in [0.2, 0.25) is 0 Å². The summed E-state index contributed by atoms with van der Waals surface area (Å²) in [4.78, 5) is 35.8. The number of carbonyl (C=O) groups excluding carboxylic acids is 1. The van der Waals surface area contributed by atoms with E-state index < -0.39 is 17.0 Å². The Balaban J connectivity index is 2.06. The maximum absolute atomic E-state index is 12.2. The molecule has 0 saturated heterocycles. The van der Waals surface area contributed by atoms with E-state index >= 15 is 0 Å². The van der Waals surface area contributed by atoms with Gasteiger partial charge >= 0.3 is 0 Å². The molecule has 1 aromatic heterocycles. The van der Waals surface area contributed by atoms with Crippen LogP contribution >= 0.6 is 0 Å². The molecule has 0 spiro atoms. The number of benzene rings is 2. The maximum Gasteiger partial charge on any atom is 0.272 e. The second kappa shape index (κ2) is 5.21. The molecule has 7 nitrogen and oxygen atoms in total. The molecule has 3 aromatic rings. The first-order valence-electron chi connectivity index (χ1n) is 6.40. The van der Waals surface area contributed by atoms with E-state index in [0.29, 0.717) is 5.56 Å². The van der Waals surface area contributed by atoms with Gasteiger partial charge in [0.05, 0.1) is 16.5 Å². The summed E-state index contributed by atoms with van der Waals surface area (Å²) in [5, 5.41) is 16.6. The summed E-state index contributed by atoms with van der Waals surface area (Å²) in [5.41, 5.74) is -0.398. The average Bonchev–Trinajstić information content (AvgIpc) is 2.52. The van der Waals surface area contributed by atoms with E-state index in [2.05, 4.69) is 15.5 Å². The highest BCUT2D eigenvalue weighted by Gasteiger charge is 2.12. The third-order valence-corrected chi connectivity index (χ3v) is 3.20. The Kier molecular flexibility index (Phi) is 3.23. The Morgan fingerprint density at radius 2 is 1.64 bits per heavy atom. The Morgan fingerprint density at radius 1 is 0.955 bits per heavy atom. The number of H-pyrrole nitrogens is 2. The van der Waals surface area contributed by atoms with Crippen molar-refractivity contribution in [3.63, 3.8) is 0 Å². The predicted molar refractivity (Wildman–Crippen MR) is 81.2 cm³/mol. The fraction of sp³-hybridized carbons (Fsp3) is 0. The lowest BCUT2D eigenvalue weighted by molar-refractivity contribution is 0.102. The van der Waals surface area contributed by atoms with Gasteiger partial charge < -0.3 is 10.4 Å². The fourth-order valence-corrected chi connectivity index (χ4v) is 2.14. The van der Waals surface area contributed by atoms with Gasteiger partial charge in [-0.3, -0.25) is 24.6 Å². The quantitative estimate of drug-likeness (QED) is 0.568. The molecule has 0 atom stereocenters. The normalized spacial score (nSPS) is 10.5. The van der Waals surface area contributed by atoms with Crippen LogP contribution in [-0.2, 0) is 0 Å². The molecule has 0 aliphatic heterocycles. The van der Waals surface area contributed by atoms with Crippen molar-refractivity contribution in [1.82, 2.24) is 10.2 Å². The van der Waals surface area contributed by atoms with E-state index in [1.165, 1.54) is 36.4 Å². The Labute approximate surface area is 123 Å². The number of fused-ring (bicyclic) bond motifs is 1. The minimum absolute atomic E-state index is 0.0460. The number of rotatable bonds is 2. The van der Waals surface area contributed by atoms with Crippen LogP contribution in [0.2, 0.25) is 0 Å². The zero-order chi connectivity index (χ0) is 15.7. The summed E-state index contributed by atoms with van der Waals surface area (Å²) >= 11 is 0. The van der Waals surface area contributed by atoms with Crippen LogP contribution in [0, 0.1) is 0 Å². The third-order valence-electron chi connectivity index (χ3n) is 3.20. The number of carbonyl (C=O) groups is 1. The van der Waals surface area contributed by atoms with Crippen LogP contribution in [0.15, 0.2) is 52.1 Å². The molecule has 1 heterocycles. The Bertz CT molecular complexity index is 970. The van der Waals surface area contributed by atoms with Crippen molar-refractivity contribution in [3.8, 4) is 5.75 Å². The number of aromatic hydroxyl groups is 1. The first-order chi connectivity index (χ1) is 10.6. The summed E-state index contributed by atoms with van der Waals surface area (Å²) in [6.45, 7) is 0. The molecule has 1 amide bonds. The number of anilines is 1. The summed E-state index contributed by atoms with van der Waals surface area (Å²) in [7, 11) is 0. The number of aromatic nitrogens is 2.